The number of ether oxygens (including phenoxy) is 2. The molecule has 0 aromatic heterocycles. The molecule has 1 aliphatic heterocycles. The van der Waals surface area contributed by atoms with E-state index in [0.717, 1.165) is 16.7 Å². The normalized spacial score (nSPS) is 15.5. The first kappa shape index (κ1) is 21.6. The van der Waals surface area contributed by atoms with Crippen LogP contribution in [-0.2, 0) is 22.7 Å². The van der Waals surface area contributed by atoms with Crippen molar-refractivity contribution in [3.63, 3.8) is 0 Å². The maximum absolute atomic E-state index is 13.1. The van der Waals surface area contributed by atoms with E-state index in [4.69, 9.17) is 21.7 Å². The number of rotatable bonds is 7. The van der Waals surface area contributed by atoms with Gasteiger partial charge in [-0.05, 0) is 36.3 Å². The first-order valence-electron chi connectivity index (χ1n) is 10.4. The fraction of sp³-hybridized carbons (Fsp3) is 0.154. The van der Waals surface area contributed by atoms with Crippen molar-refractivity contribution in [2.45, 2.75) is 26.2 Å². The first-order valence-corrected chi connectivity index (χ1v) is 10.8. The minimum Gasteiger partial charge on any atom is -0.489 e. The average molecular weight is 445 g/mol. The lowest BCUT2D eigenvalue weighted by molar-refractivity contribution is -0.140. The number of allylic oxidation sites excluding steroid dienone is 1. The van der Waals surface area contributed by atoms with Crippen LogP contribution in [-0.4, -0.2) is 11.1 Å². The van der Waals surface area contributed by atoms with E-state index in [9.17, 15) is 4.79 Å². The van der Waals surface area contributed by atoms with Crippen LogP contribution in [0.1, 0.15) is 29.7 Å². The zero-order valence-corrected chi connectivity index (χ0v) is 18.5. The Morgan fingerprint density at radius 1 is 0.875 bits per heavy atom. The molecule has 0 bridgehead atoms. The SMILES string of the molecule is CC1=C(C(=O)OCc2ccccc2)C(c2ccccc2OCc2ccccc2)NC(=S)N1. The molecule has 0 saturated heterocycles. The third-order valence-electron chi connectivity index (χ3n) is 5.17. The van der Waals surface area contributed by atoms with Crippen molar-refractivity contribution in [1.29, 1.82) is 0 Å². The summed E-state index contributed by atoms with van der Waals surface area (Å²) >= 11 is 5.38. The summed E-state index contributed by atoms with van der Waals surface area (Å²) in [5.41, 5.74) is 3.94. The molecule has 0 aliphatic carbocycles. The second-order valence-corrected chi connectivity index (χ2v) is 7.85. The van der Waals surface area contributed by atoms with Gasteiger partial charge < -0.3 is 20.1 Å². The molecule has 3 aromatic carbocycles. The predicted molar refractivity (Wildman–Crippen MR) is 128 cm³/mol. The predicted octanol–water partition coefficient (Wildman–Crippen LogP) is 4.80. The summed E-state index contributed by atoms with van der Waals surface area (Å²) in [5.74, 6) is 0.274. The molecule has 0 radical (unpaired) electrons. The number of para-hydroxylation sites is 1. The van der Waals surface area contributed by atoms with Crippen LogP contribution in [0.25, 0.3) is 0 Å². The molecule has 6 heteroatoms. The summed E-state index contributed by atoms with van der Waals surface area (Å²) in [4.78, 5) is 13.1. The molecule has 0 fully saturated rings. The van der Waals surface area contributed by atoms with Gasteiger partial charge in [-0.2, -0.15) is 0 Å². The molecule has 32 heavy (non-hydrogen) atoms. The summed E-state index contributed by atoms with van der Waals surface area (Å²) in [7, 11) is 0. The number of carbonyl (C=O) groups excluding carboxylic acids is 1. The van der Waals surface area contributed by atoms with Crippen molar-refractivity contribution in [1.82, 2.24) is 10.6 Å². The molecule has 1 unspecified atom stereocenters. The minimum absolute atomic E-state index is 0.194. The molecule has 1 heterocycles. The van der Waals surface area contributed by atoms with Crippen molar-refractivity contribution in [3.8, 4) is 5.75 Å². The highest BCUT2D eigenvalue weighted by molar-refractivity contribution is 7.80. The highest BCUT2D eigenvalue weighted by Gasteiger charge is 2.32. The van der Waals surface area contributed by atoms with Crippen LogP contribution in [0.5, 0.6) is 5.75 Å². The standard InChI is InChI=1S/C26H24N2O3S/c1-18-23(25(29)31-17-20-12-6-3-7-13-20)24(28-26(32)27-18)21-14-8-9-15-22(21)30-16-19-10-4-2-5-11-19/h2-15,24H,16-17H2,1H3,(H2,27,28,32). The topological polar surface area (TPSA) is 59.6 Å². The van der Waals surface area contributed by atoms with Gasteiger partial charge in [0.25, 0.3) is 0 Å². The van der Waals surface area contributed by atoms with Gasteiger partial charge in [0.15, 0.2) is 5.11 Å². The second kappa shape index (κ2) is 10.1. The van der Waals surface area contributed by atoms with Crippen molar-refractivity contribution in [3.05, 3.63) is 113 Å². The Hall–Kier alpha value is -3.64. The molecular weight excluding hydrogens is 420 g/mol. The Labute approximate surface area is 193 Å². The van der Waals surface area contributed by atoms with Gasteiger partial charge in [0.05, 0.1) is 11.6 Å². The molecule has 2 N–H and O–H groups in total. The number of carbonyl (C=O) groups is 1. The lowest BCUT2D eigenvalue weighted by Gasteiger charge is -2.30. The Balaban J connectivity index is 1.58. The van der Waals surface area contributed by atoms with Crippen LogP contribution in [0.4, 0.5) is 0 Å². The Kier molecular flexibility index (Phi) is 6.82. The number of hydrogen-bond acceptors (Lipinski definition) is 4. The summed E-state index contributed by atoms with van der Waals surface area (Å²) in [6.07, 6.45) is 0. The summed E-state index contributed by atoms with van der Waals surface area (Å²) in [5, 5.41) is 6.71. The van der Waals surface area contributed by atoms with Crippen molar-refractivity contribution < 1.29 is 14.3 Å². The maximum Gasteiger partial charge on any atom is 0.338 e. The summed E-state index contributed by atoms with van der Waals surface area (Å²) in [6, 6.07) is 26.7. The fourth-order valence-electron chi connectivity index (χ4n) is 3.58. The van der Waals surface area contributed by atoms with Crippen LogP contribution < -0.4 is 15.4 Å². The largest absolute Gasteiger partial charge is 0.489 e. The third-order valence-corrected chi connectivity index (χ3v) is 5.39. The quantitative estimate of drug-likeness (QED) is 0.403. The summed E-state index contributed by atoms with van der Waals surface area (Å²) in [6.45, 7) is 2.44. The Morgan fingerprint density at radius 2 is 1.47 bits per heavy atom. The van der Waals surface area contributed by atoms with Gasteiger partial charge in [-0.15, -0.1) is 0 Å². The fourth-order valence-corrected chi connectivity index (χ4v) is 3.86. The molecule has 0 spiro atoms. The van der Waals surface area contributed by atoms with Gasteiger partial charge in [0, 0.05) is 11.3 Å². The molecule has 1 atom stereocenters. The van der Waals surface area contributed by atoms with E-state index >= 15 is 0 Å². The highest BCUT2D eigenvalue weighted by atomic mass is 32.1. The van der Waals surface area contributed by atoms with Crippen LogP contribution in [0.2, 0.25) is 0 Å². The van der Waals surface area contributed by atoms with Crippen molar-refractivity contribution in [2.24, 2.45) is 0 Å². The van der Waals surface area contributed by atoms with Gasteiger partial charge >= 0.3 is 5.97 Å². The molecule has 1 aliphatic rings. The zero-order valence-electron chi connectivity index (χ0n) is 17.7. The number of nitrogens with one attached hydrogen (secondary N) is 2. The Bertz CT molecular complexity index is 1130. The van der Waals surface area contributed by atoms with Crippen molar-refractivity contribution in [2.75, 3.05) is 0 Å². The summed E-state index contributed by atoms with van der Waals surface area (Å²) < 4.78 is 11.8. The van der Waals surface area contributed by atoms with Crippen LogP contribution in [0, 0.1) is 0 Å². The van der Waals surface area contributed by atoms with Crippen molar-refractivity contribution >= 4 is 23.3 Å². The zero-order chi connectivity index (χ0) is 22.3. The molecule has 0 saturated carbocycles. The number of thiocarbonyl (C=S) groups is 1. The molecule has 162 valence electrons. The van der Waals surface area contributed by atoms with Gasteiger partial charge in [-0.3, -0.25) is 0 Å². The smallest absolute Gasteiger partial charge is 0.338 e. The van der Waals surface area contributed by atoms with E-state index in [0.29, 0.717) is 28.7 Å². The number of benzene rings is 3. The number of esters is 1. The third kappa shape index (κ3) is 5.15. The van der Waals surface area contributed by atoms with Crippen LogP contribution in [0.3, 0.4) is 0 Å². The Morgan fingerprint density at radius 3 is 2.16 bits per heavy atom. The van der Waals surface area contributed by atoms with Gasteiger partial charge in [0.1, 0.15) is 19.0 Å². The van der Waals surface area contributed by atoms with Crippen LogP contribution in [0.15, 0.2) is 96.2 Å². The maximum atomic E-state index is 13.1. The monoisotopic (exact) mass is 444 g/mol. The van der Waals surface area contributed by atoms with E-state index in [1.165, 1.54) is 0 Å². The first-order chi connectivity index (χ1) is 15.6. The lowest BCUT2D eigenvalue weighted by Crippen LogP contribution is -2.45. The highest BCUT2D eigenvalue weighted by Crippen LogP contribution is 2.34. The molecule has 0 amide bonds. The molecular formula is C26H24N2O3S. The molecule has 3 aromatic rings. The van der Waals surface area contributed by atoms with Gasteiger partial charge in [-0.1, -0.05) is 78.9 Å². The average Bonchev–Trinajstić information content (AvgIpc) is 2.82. The molecule has 4 rings (SSSR count). The minimum atomic E-state index is -0.487. The van der Waals surface area contributed by atoms with E-state index in [-0.39, 0.29) is 6.61 Å². The van der Waals surface area contributed by atoms with E-state index in [1.54, 1.807) is 0 Å². The van der Waals surface area contributed by atoms with E-state index in [2.05, 4.69) is 10.6 Å². The lowest BCUT2D eigenvalue weighted by atomic mass is 9.95. The molecule has 5 nitrogen and oxygen atoms in total. The van der Waals surface area contributed by atoms with E-state index < -0.39 is 12.0 Å². The van der Waals surface area contributed by atoms with Gasteiger partial charge in [-0.25, -0.2) is 4.79 Å². The second-order valence-electron chi connectivity index (χ2n) is 7.44. The van der Waals surface area contributed by atoms with Crippen LogP contribution >= 0.6 is 12.2 Å². The number of hydrogen-bond donors (Lipinski definition) is 2. The van der Waals surface area contributed by atoms with Gasteiger partial charge in [0.2, 0.25) is 0 Å². The van der Waals surface area contributed by atoms with E-state index in [1.807, 2.05) is 91.9 Å².